The zero-order valence-corrected chi connectivity index (χ0v) is 15.8. The van der Waals surface area contributed by atoms with Crippen molar-refractivity contribution in [3.8, 4) is 0 Å². The third kappa shape index (κ3) is 4.88. The van der Waals surface area contributed by atoms with Gasteiger partial charge in [-0.25, -0.2) is 4.79 Å². The number of methoxy groups -OCH3 is 1. The molecule has 0 aliphatic heterocycles. The van der Waals surface area contributed by atoms with E-state index in [9.17, 15) is 14.4 Å². The van der Waals surface area contributed by atoms with Crippen LogP contribution >= 0.6 is 31.9 Å². The van der Waals surface area contributed by atoms with Gasteiger partial charge in [-0.15, -0.1) is 0 Å². The molecule has 0 radical (unpaired) electrons. The Kier molecular flexibility index (Phi) is 6.35. The van der Waals surface area contributed by atoms with Crippen LogP contribution in [0, 0.1) is 5.92 Å². The number of hydrogen-bond donors (Lipinski definition) is 1. The van der Waals surface area contributed by atoms with Crippen molar-refractivity contribution in [3.63, 3.8) is 0 Å². The molecule has 124 valence electrons. The molecule has 0 unspecified atom stereocenters. The Morgan fingerprint density at radius 1 is 1.26 bits per heavy atom. The number of rotatable bonds is 4. The minimum atomic E-state index is -0.811. The Bertz CT molecular complexity index is 612. The topological polar surface area (TPSA) is 72.5 Å². The molecule has 1 saturated carbocycles. The van der Waals surface area contributed by atoms with Crippen molar-refractivity contribution in [2.75, 3.05) is 7.11 Å². The fraction of sp³-hybridized carbons (Fsp3) is 0.438. The minimum absolute atomic E-state index is 0.120. The van der Waals surface area contributed by atoms with Crippen molar-refractivity contribution in [3.05, 3.63) is 32.7 Å². The lowest BCUT2D eigenvalue weighted by atomic mass is 9.83. The molecule has 23 heavy (non-hydrogen) atoms. The van der Waals surface area contributed by atoms with Crippen molar-refractivity contribution in [2.45, 2.75) is 31.7 Å². The predicted molar refractivity (Wildman–Crippen MR) is 92.1 cm³/mol. The average Bonchev–Trinajstić information content (AvgIpc) is 2.50. The Balaban J connectivity index is 2.18. The molecular formula is C16H17Br2NO4. The molecule has 1 aromatic rings. The standard InChI is InChI=1S/C16H17Br2NO4/c1-23-16(22)14(9-3-2-4-13(20)7-9)19-15(21)10-5-11(17)8-12(18)6-10/h5-6,8-9,14H,2-4,7H2,1H3,(H,19,21)/t9-,14+/m1/s1. The van der Waals surface area contributed by atoms with Crippen LogP contribution in [0.4, 0.5) is 0 Å². The van der Waals surface area contributed by atoms with Crippen LogP contribution in [0.1, 0.15) is 36.0 Å². The average molecular weight is 447 g/mol. The van der Waals surface area contributed by atoms with E-state index >= 15 is 0 Å². The van der Waals surface area contributed by atoms with Crippen molar-refractivity contribution in [1.82, 2.24) is 5.32 Å². The molecule has 1 aliphatic rings. The maximum Gasteiger partial charge on any atom is 0.328 e. The van der Waals surface area contributed by atoms with Gasteiger partial charge in [0.25, 0.3) is 5.91 Å². The number of amides is 1. The largest absolute Gasteiger partial charge is 0.467 e. The molecule has 0 aromatic heterocycles. The van der Waals surface area contributed by atoms with Gasteiger partial charge >= 0.3 is 5.97 Å². The summed E-state index contributed by atoms with van der Waals surface area (Å²) in [5, 5.41) is 2.72. The third-order valence-electron chi connectivity index (χ3n) is 3.86. The highest BCUT2D eigenvalue weighted by Crippen LogP contribution is 2.26. The molecule has 2 atom stereocenters. The predicted octanol–water partition coefficient (Wildman–Crippen LogP) is 3.24. The first-order chi connectivity index (χ1) is 10.9. The lowest BCUT2D eigenvalue weighted by molar-refractivity contribution is -0.145. The van der Waals surface area contributed by atoms with Crippen LogP contribution in [0.15, 0.2) is 27.1 Å². The number of Topliss-reactive ketones (excluding diaryl/α,β-unsaturated/α-hetero) is 1. The van der Waals surface area contributed by atoms with Gasteiger partial charge in [0.1, 0.15) is 11.8 Å². The number of benzene rings is 1. The summed E-state index contributed by atoms with van der Waals surface area (Å²) in [5.74, 6) is -0.995. The molecule has 0 bridgehead atoms. The monoisotopic (exact) mass is 445 g/mol. The Morgan fingerprint density at radius 2 is 1.91 bits per heavy atom. The smallest absolute Gasteiger partial charge is 0.328 e. The second-order valence-electron chi connectivity index (χ2n) is 5.53. The number of hydrogen-bond acceptors (Lipinski definition) is 4. The van der Waals surface area contributed by atoms with Gasteiger partial charge in [-0.3, -0.25) is 9.59 Å². The van der Waals surface area contributed by atoms with Crippen LogP contribution in [0.5, 0.6) is 0 Å². The fourth-order valence-electron chi connectivity index (χ4n) is 2.75. The number of carbonyl (C=O) groups excluding carboxylic acids is 3. The highest BCUT2D eigenvalue weighted by Gasteiger charge is 2.34. The van der Waals surface area contributed by atoms with Gasteiger partial charge in [0.15, 0.2) is 0 Å². The Labute approximate surface area is 151 Å². The van der Waals surface area contributed by atoms with E-state index < -0.39 is 12.0 Å². The molecule has 1 aliphatic carbocycles. The van der Waals surface area contributed by atoms with E-state index in [1.54, 1.807) is 12.1 Å². The normalized spacial score (nSPS) is 19.1. The summed E-state index contributed by atoms with van der Waals surface area (Å²) in [6.07, 6.45) is 2.28. The molecule has 1 N–H and O–H groups in total. The maximum absolute atomic E-state index is 12.5. The zero-order chi connectivity index (χ0) is 17.0. The van der Waals surface area contributed by atoms with Crippen LogP contribution in [0.3, 0.4) is 0 Å². The van der Waals surface area contributed by atoms with E-state index in [1.807, 2.05) is 6.07 Å². The third-order valence-corrected chi connectivity index (χ3v) is 4.77. The molecule has 1 aromatic carbocycles. The van der Waals surface area contributed by atoms with Crippen molar-refractivity contribution < 1.29 is 19.1 Å². The number of ether oxygens (including phenoxy) is 1. The van der Waals surface area contributed by atoms with Gasteiger partial charge in [0.2, 0.25) is 0 Å². The van der Waals surface area contributed by atoms with Gasteiger partial charge in [-0.05, 0) is 37.0 Å². The van der Waals surface area contributed by atoms with Gasteiger partial charge in [0, 0.05) is 27.4 Å². The van der Waals surface area contributed by atoms with E-state index in [-0.39, 0.29) is 17.6 Å². The lowest BCUT2D eigenvalue weighted by Gasteiger charge is -2.28. The highest BCUT2D eigenvalue weighted by molar-refractivity contribution is 9.11. The van der Waals surface area contributed by atoms with Crippen molar-refractivity contribution in [2.24, 2.45) is 5.92 Å². The van der Waals surface area contributed by atoms with Gasteiger partial charge < -0.3 is 10.1 Å². The van der Waals surface area contributed by atoms with Gasteiger partial charge in [-0.1, -0.05) is 31.9 Å². The van der Waals surface area contributed by atoms with Gasteiger partial charge in [0.05, 0.1) is 7.11 Å². The second kappa shape index (κ2) is 8.06. The highest BCUT2D eigenvalue weighted by atomic mass is 79.9. The molecule has 1 fully saturated rings. The molecule has 0 spiro atoms. The minimum Gasteiger partial charge on any atom is -0.467 e. The van der Waals surface area contributed by atoms with Gasteiger partial charge in [-0.2, -0.15) is 0 Å². The quantitative estimate of drug-likeness (QED) is 0.720. The molecule has 0 saturated heterocycles. The molecule has 1 amide bonds. The number of halogens is 2. The van der Waals surface area contributed by atoms with Crippen LogP contribution < -0.4 is 5.32 Å². The van der Waals surface area contributed by atoms with Crippen LogP contribution in [-0.2, 0) is 14.3 Å². The molecule has 0 heterocycles. The Morgan fingerprint density at radius 3 is 2.48 bits per heavy atom. The SMILES string of the molecule is COC(=O)[C@@H](NC(=O)c1cc(Br)cc(Br)c1)[C@@H]1CCCC(=O)C1. The molecule has 7 heteroatoms. The summed E-state index contributed by atoms with van der Waals surface area (Å²) < 4.78 is 6.30. The number of esters is 1. The first-order valence-electron chi connectivity index (χ1n) is 7.27. The number of nitrogens with one attached hydrogen (secondary N) is 1. The summed E-state index contributed by atoms with van der Waals surface area (Å²) in [6.45, 7) is 0. The van der Waals surface area contributed by atoms with Crippen LogP contribution in [0.25, 0.3) is 0 Å². The first kappa shape index (κ1) is 18.1. The zero-order valence-electron chi connectivity index (χ0n) is 12.6. The van der Waals surface area contributed by atoms with Crippen LogP contribution in [-0.4, -0.2) is 30.8 Å². The summed E-state index contributed by atoms with van der Waals surface area (Å²) in [7, 11) is 1.28. The number of ketones is 1. The lowest BCUT2D eigenvalue weighted by Crippen LogP contribution is -2.48. The fourth-order valence-corrected chi connectivity index (χ4v) is 4.04. The van der Waals surface area contributed by atoms with E-state index in [4.69, 9.17) is 4.74 Å². The summed E-state index contributed by atoms with van der Waals surface area (Å²) in [4.78, 5) is 36.2. The molecule has 5 nitrogen and oxygen atoms in total. The first-order valence-corrected chi connectivity index (χ1v) is 8.86. The molecular weight excluding hydrogens is 430 g/mol. The molecule has 2 rings (SSSR count). The number of carbonyl (C=O) groups is 3. The van der Waals surface area contributed by atoms with E-state index in [0.29, 0.717) is 24.8 Å². The second-order valence-corrected chi connectivity index (χ2v) is 7.36. The van der Waals surface area contributed by atoms with Crippen molar-refractivity contribution >= 4 is 49.5 Å². The van der Waals surface area contributed by atoms with E-state index in [2.05, 4.69) is 37.2 Å². The van der Waals surface area contributed by atoms with Crippen molar-refractivity contribution in [1.29, 1.82) is 0 Å². The van der Waals surface area contributed by atoms with Crippen LogP contribution in [0.2, 0.25) is 0 Å². The summed E-state index contributed by atoms with van der Waals surface area (Å²) in [6, 6.07) is 4.34. The Hall–Kier alpha value is -1.21. The van der Waals surface area contributed by atoms with E-state index in [0.717, 1.165) is 15.4 Å². The maximum atomic E-state index is 12.5. The summed E-state index contributed by atoms with van der Waals surface area (Å²) in [5.41, 5.74) is 0.419. The van der Waals surface area contributed by atoms with E-state index in [1.165, 1.54) is 7.11 Å². The summed E-state index contributed by atoms with van der Waals surface area (Å²) >= 11 is 6.66.